The number of anilines is 2. The first-order valence-electron chi connectivity index (χ1n) is 6.59. The van der Waals surface area contributed by atoms with Crippen LogP contribution in [0.25, 0.3) is 10.6 Å². The fourth-order valence-electron chi connectivity index (χ4n) is 1.95. The van der Waals surface area contributed by atoms with Gasteiger partial charge in [0.05, 0.1) is 22.5 Å². The lowest BCUT2D eigenvalue weighted by molar-refractivity contribution is 0.102. The Morgan fingerprint density at radius 1 is 1.25 bits per heavy atom. The summed E-state index contributed by atoms with van der Waals surface area (Å²) in [4.78, 5) is 20.1. The van der Waals surface area contributed by atoms with Crippen LogP contribution in [-0.4, -0.2) is 15.9 Å². The number of nitrogen functional groups attached to an aromatic ring is 1. The number of carbonyl (C=O) groups is 1. The Morgan fingerprint density at radius 3 is 2.62 bits per heavy atom. The van der Waals surface area contributed by atoms with E-state index in [2.05, 4.69) is 15.3 Å². The van der Waals surface area contributed by atoms with E-state index in [9.17, 15) is 13.6 Å². The SMILES string of the molecule is Nc1sc(-c2c(F)cccc2F)nc1C(=O)Nc1cnccc1Cl. The Morgan fingerprint density at radius 2 is 1.96 bits per heavy atom. The summed E-state index contributed by atoms with van der Waals surface area (Å²) >= 11 is 6.75. The zero-order chi connectivity index (χ0) is 17.3. The van der Waals surface area contributed by atoms with Crippen LogP contribution >= 0.6 is 22.9 Å². The number of thiazole rings is 1. The molecule has 0 saturated carbocycles. The number of nitrogens with one attached hydrogen (secondary N) is 1. The second-order valence-corrected chi connectivity index (χ2v) is 6.08. The first-order chi connectivity index (χ1) is 11.5. The zero-order valence-electron chi connectivity index (χ0n) is 11.9. The maximum atomic E-state index is 13.8. The van der Waals surface area contributed by atoms with Gasteiger partial charge in [-0.25, -0.2) is 13.8 Å². The van der Waals surface area contributed by atoms with Crippen molar-refractivity contribution >= 4 is 39.5 Å². The Labute approximate surface area is 144 Å². The van der Waals surface area contributed by atoms with Gasteiger partial charge in [-0.15, -0.1) is 0 Å². The monoisotopic (exact) mass is 366 g/mol. The minimum atomic E-state index is -0.786. The molecular formula is C15H9ClF2N4OS. The van der Waals surface area contributed by atoms with Crippen LogP contribution in [0, 0.1) is 11.6 Å². The number of carbonyl (C=O) groups excluding carboxylic acids is 1. The predicted molar refractivity (Wildman–Crippen MR) is 89.1 cm³/mol. The molecule has 1 amide bonds. The normalized spacial score (nSPS) is 10.6. The van der Waals surface area contributed by atoms with Crippen LogP contribution in [0.2, 0.25) is 5.02 Å². The smallest absolute Gasteiger partial charge is 0.277 e. The lowest BCUT2D eigenvalue weighted by Crippen LogP contribution is -2.14. The topological polar surface area (TPSA) is 80.9 Å². The molecule has 24 heavy (non-hydrogen) atoms. The molecule has 2 heterocycles. The van der Waals surface area contributed by atoms with E-state index in [0.717, 1.165) is 23.5 Å². The van der Waals surface area contributed by atoms with Gasteiger partial charge >= 0.3 is 0 Å². The predicted octanol–water partition coefficient (Wildman–Crippen LogP) is 3.97. The number of nitrogens with two attached hydrogens (primary N) is 1. The van der Waals surface area contributed by atoms with Crippen LogP contribution in [0.3, 0.4) is 0 Å². The summed E-state index contributed by atoms with van der Waals surface area (Å²) in [6.07, 6.45) is 2.83. The average Bonchev–Trinajstić information content (AvgIpc) is 2.91. The summed E-state index contributed by atoms with van der Waals surface area (Å²) in [7, 11) is 0. The van der Waals surface area contributed by atoms with Gasteiger partial charge in [-0.3, -0.25) is 9.78 Å². The minimum Gasteiger partial charge on any atom is -0.389 e. The van der Waals surface area contributed by atoms with Crippen LogP contribution in [0.15, 0.2) is 36.7 Å². The van der Waals surface area contributed by atoms with Gasteiger partial charge in [0.15, 0.2) is 5.69 Å². The third kappa shape index (κ3) is 3.06. The first-order valence-corrected chi connectivity index (χ1v) is 7.78. The van der Waals surface area contributed by atoms with Crippen LogP contribution in [0.1, 0.15) is 10.5 Å². The molecule has 0 bridgehead atoms. The van der Waals surface area contributed by atoms with Crippen molar-refractivity contribution < 1.29 is 13.6 Å². The molecule has 2 aromatic heterocycles. The maximum absolute atomic E-state index is 13.8. The maximum Gasteiger partial charge on any atom is 0.277 e. The lowest BCUT2D eigenvalue weighted by atomic mass is 10.2. The summed E-state index contributed by atoms with van der Waals surface area (Å²) in [5.74, 6) is -2.22. The number of amides is 1. The molecule has 3 N–H and O–H groups in total. The van der Waals surface area contributed by atoms with E-state index in [-0.39, 0.29) is 32.0 Å². The van der Waals surface area contributed by atoms with E-state index in [1.165, 1.54) is 24.5 Å². The van der Waals surface area contributed by atoms with E-state index in [4.69, 9.17) is 17.3 Å². The number of hydrogen-bond acceptors (Lipinski definition) is 5. The summed E-state index contributed by atoms with van der Waals surface area (Å²) in [5.41, 5.74) is 5.58. The molecule has 9 heteroatoms. The largest absolute Gasteiger partial charge is 0.389 e. The van der Waals surface area contributed by atoms with E-state index in [1.807, 2.05) is 0 Å². The van der Waals surface area contributed by atoms with Gasteiger partial charge in [0, 0.05) is 6.20 Å². The van der Waals surface area contributed by atoms with Crippen molar-refractivity contribution in [2.75, 3.05) is 11.1 Å². The van der Waals surface area contributed by atoms with E-state index in [0.29, 0.717) is 0 Å². The third-order valence-corrected chi connectivity index (χ3v) is 4.29. The quantitative estimate of drug-likeness (QED) is 0.734. The van der Waals surface area contributed by atoms with Crippen LogP contribution in [0.4, 0.5) is 19.5 Å². The molecule has 0 saturated heterocycles. The van der Waals surface area contributed by atoms with Crippen molar-refractivity contribution in [2.24, 2.45) is 0 Å². The first kappa shape index (κ1) is 16.3. The Hall–Kier alpha value is -2.58. The highest BCUT2D eigenvalue weighted by Crippen LogP contribution is 2.33. The molecule has 1 aromatic carbocycles. The summed E-state index contributed by atoms with van der Waals surface area (Å²) in [6, 6.07) is 4.95. The van der Waals surface area contributed by atoms with Gasteiger partial charge in [0.25, 0.3) is 5.91 Å². The van der Waals surface area contributed by atoms with Gasteiger partial charge in [-0.1, -0.05) is 29.0 Å². The molecule has 0 atom stereocenters. The van der Waals surface area contributed by atoms with Crippen molar-refractivity contribution in [3.63, 3.8) is 0 Å². The average molecular weight is 367 g/mol. The van der Waals surface area contributed by atoms with E-state index in [1.54, 1.807) is 0 Å². The molecule has 122 valence electrons. The highest BCUT2D eigenvalue weighted by Gasteiger charge is 2.21. The fraction of sp³-hybridized carbons (Fsp3) is 0. The second-order valence-electron chi connectivity index (χ2n) is 4.64. The van der Waals surface area contributed by atoms with Crippen LogP contribution in [-0.2, 0) is 0 Å². The lowest BCUT2D eigenvalue weighted by Gasteiger charge is -2.04. The Bertz CT molecular complexity index is 911. The Balaban J connectivity index is 1.95. The van der Waals surface area contributed by atoms with Crippen molar-refractivity contribution in [3.8, 4) is 10.6 Å². The number of pyridine rings is 1. The molecule has 0 fully saturated rings. The molecule has 0 aliphatic rings. The molecule has 3 rings (SSSR count). The highest BCUT2D eigenvalue weighted by atomic mass is 35.5. The zero-order valence-corrected chi connectivity index (χ0v) is 13.5. The number of halogens is 3. The van der Waals surface area contributed by atoms with Gasteiger partial charge in [-0.2, -0.15) is 0 Å². The number of nitrogens with zero attached hydrogens (tertiary/aromatic N) is 2. The Kier molecular flexibility index (Phi) is 4.41. The third-order valence-electron chi connectivity index (χ3n) is 3.06. The van der Waals surface area contributed by atoms with Crippen molar-refractivity contribution in [3.05, 3.63) is 59.0 Å². The minimum absolute atomic E-state index is 0.0227. The van der Waals surface area contributed by atoms with Gasteiger partial charge < -0.3 is 11.1 Å². The van der Waals surface area contributed by atoms with Crippen LogP contribution in [0.5, 0.6) is 0 Å². The molecule has 0 aliphatic carbocycles. The molecule has 3 aromatic rings. The number of aromatic nitrogens is 2. The van der Waals surface area contributed by atoms with Crippen molar-refractivity contribution in [1.29, 1.82) is 0 Å². The van der Waals surface area contributed by atoms with Crippen molar-refractivity contribution in [2.45, 2.75) is 0 Å². The van der Waals surface area contributed by atoms with Crippen LogP contribution < -0.4 is 11.1 Å². The van der Waals surface area contributed by atoms with Gasteiger partial charge in [-0.05, 0) is 18.2 Å². The highest BCUT2D eigenvalue weighted by molar-refractivity contribution is 7.19. The molecule has 0 spiro atoms. The number of benzene rings is 1. The molecule has 5 nitrogen and oxygen atoms in total. The van der Waals surface area contributed by atoms with E-state index < -0.39 is 17.5 Å². The number of rotatable bonds is 3. The van der Waals surface area contributed by atoms with Gasteiger partial charge in [0.2, 0.25) is 0 Å². The standard InChI is InChI=1S/C15H9ClF2N4OS/c16-7-4-5-20-6-10(7)21-14(23)12-13(19)24-15(22-12)11-8(17)2-1-3-9(11)18/h1-6H,19H2,(H,21,23). The van der Waals surface area contributed by atoms with Gasteiger partial charge in [0.1, 0.15) is 21.6 Å². The molecule has 0 aliphatic heterocycles. The van der Waals surface area contributed by atoms with Crippen molar-refractivity contribution in [1.82, 2.24) is 9.97 Å². The number of hydrogen-bond donors (Lipinski definition) is 2. The summed E-state index contributed by atoms with van der Waals surface area (Å²) in [6.45, 7) is 0. The van der Waals surface area contributed by atoms with E-state index >= 15 is 0 Å². The molecular weight excluding hydrogens is 358 g/mol. The molecule has 0 unspecified atom stereocenters. The second kappa shape index (κ2) is 6.50. The molecule has 0 radical (unpaired) electrons. The summed E-state index contributed by atoms with van der Waals surface area (Å²) in [5, 5.41) is 2.80. The summed E-state index contributed by atoms with van der Waals surface area (Å²) < 4.78 is 27.7. The fourth-order valence-corrected chi connectivity index (χ4v) is 2.98.